The van der Waals surface area contributed by atoms with Crippen LogP contribution in [0, 0.1) is 17.8 Å². The number of aliphatic hydroxyl groups is 1. The quantitative estimate of drug-likeness (QED) is 0.685. The standard InChI is InChI=1S/C17H27NO4/c1-10-11(2)17(3,21)14(19)5-4-12-6-8-18-9-7-13(15(12)18)22-16(10)20/h10-13,15,21H,4-9H2,1-3H3. The van der Waals surface area contributed by atoms with Crippen LogP contribution < -0.4 is 0 Å². The maximum Gasteiger partial charge on any atom is 0.309 e. The molecule has 6 unspecified atom stereocenters. The Morgan fingerprint density at radius 3 is 2.59 bits per heavy atom. The van der Waals surface area contributed by atoms with Crippen LogP contribution in [0.2, 0.25) is 0 Å². The highest BCUT2D eigenvalue weighted by atomic mass is 16.5. The molecule has 3 aliphatic rings. The van der Waals surface area contributed by atoms with Gasteiger partial charge in [-0.2, -0.15) is 0 Å². The van der Waals surface area contributed by atoms with E-state index in [4.69, 9.17) is 4.74 Å². The minimum atomic E-state index is -1.46. The third-order valence-corrected chi connectivity index (χ3v) is 6.36. The maximum absolute atomic E-state index is 12.5. The number of hydrogen-bond donors (Lipinski definition) is 1. The second-order valence-corrected chi connectivity index (χ2v) is 7.53. The van der Waals surface area contributed by atoms with Gasteiger partial charge in [0.1, 0.15) is 11.7 Å². The van der Waals surface area contributed by atoms with Gasteiger partial charge in [-0.05, 0) is 38.6 Å². The van der Waals surface area contributed by atoms with Gasteiger partial charge in [0.2, 0.25) is 0 Å². The van der Waals surface area contributed by atoms with Gasteiger partial charge in [0, 0.05) is 24.9 Å². The molecule has 5 nitrogen and oxygen atoms in total. The zero-order valence-corrected chi connectivity index (χ0v) is 13.7. The van der Waals surface area contributed by atoms with E-state index in [1.54, 1.807) is 20.8 Å². The zero-order chi connectivity index (χ0) is 16.1. The lowest BCUT2D eigenvalue weighted by atomic mass is 9.77. The molecule has 0 aromatic rings. The van der Waals surface area contributed by atoms with Crippen molar-refractivity contribution in [3.8, 4) is 0 Å². The Labute approximate surface area is 132 Å². The van der Waals surface area contributed by atoms with Gasteiger partial charge in [-0.15, -0.1) is 0 Å². The zero-order valence-electron chi connectivity index (χ0n) is 13.7. The number of esters is 1. The van der Waals surface area contributed by atoms with Gasteiger partial charge in [0.05, 0.1) is 5.92 Å². The number of ether oxygens (including phenoxy) is 1. The minimum absolute atomic E-state index is 0.0483. The van der Waals surface area contributed by atoms with Gasteiger partial charge in [0.15, 0.2) is 5.78 Å². The summed E-state index contributed by atoms with van der Waals surface area (Å²) in [5, 5.41) is 10.6. The minimum Gasteiger partial charge on any atom is -0.460 e. The SMILES string of the molecule is CC1C(=O)OC2CCN3CCC(CCC(=O)C(C)(O)C1C)C23. The Morgan fingerprint density at radius 2 is 1.86 bits per heavy atom. The van der Waals surface area contributed by atoms with Gasteiger partial charge in [0.25, 0.3) is 0 Å². The summed E-state index contributed by atoms with van der Waals surface area (Å²) in [5.41, 5.74) is -1.46. The van der Waals surface area contributed by atoms with E-state index in [9.17, 15) is 14.7 Å². The molecule has 6 atom stereocenters. The molecule has 5 heteroatoms. The Balaban J connectivity index is 1.88. The van der Waals surface area contributed by atoms with Crippen molar-refractivity contribution in [2.45, 2.75) is 64.2 Å². The Hall–Kier alpha value is -0.940. The largest absolute Gasteiger partial charge is 0.460 e. The van der Waals surface area contributed by atoms with E-state index in [1.165, 1.54) is 0 Å². The van der Waals surface area contributed by atoms with Crippen LogP contribution in [0.5, 0.6) is 0 Å². The first-order chi connectivity index (χ1) is 10.3. The van der Waals surface area contributed by atoms with E-state index in [-0.39, 0.29) is 23.9 Å². The first-order valence-corrected chi connectivity index (χ1v) is 8.52. The number of carbonyl (C=O) groups excluding carboxylic acids is 2. The average Bonchev–Trinajstić information content (AvgIpc) is 3.05. The van der Waals surface area contributed by atoms with E-state index in [0.717, 1.165) is 32.4 Å². The highest BCUT2D eigenvalue weighted by Crippen LogP contribution is 2.39. The van der Waals surface area contributed by atoms with Crippen LogP contribution in [0.4, 0.5) is 0 Å². The predicted molar refractivity (Wildman–Crippen MR) is 81.2 cm³/mol. The van der Waals surface area contributed by atoms with Gasteiger partial charge in [-0.1, -0.05) is 13.8 Å². The van der Waals surface area contributed by atoms with E-state index < -0.39 is 17.4 Å². The van der Waals surface area contributed by atoms with Crippen molar-refractivity contribution in [1.82, 2.24) is 4.90 Å². The van der Waals surface area contributed by atoms with Crippen LogP contribution in [-0.2, 0) is 14.3 Å². The van der Waals surface area contributed by atoms with Crippen LogP contribution in [0.15, 0.2) is 0 Å². The van der Waals surface area contributed by atoms with Crippen molar-refractivity contribution in [2.24, 2.45) is 17.8 Å². The molecule has 1 N–H and O–H groups in total. The van der Waals surface area contributed by atoms with Gasteiger partial charge in [-0.3, -0.25) is 14.5 Å². The highest BCUT2D eigenvalue weighted by Gasteiger charge is 2.49. The second kappa shape index (κ2) is 5.60. The Bertz CT molecular complexity index is 475. The van der Waals surface area contributed by atoms with Crippen molar-refractivity contribution >= 4 is 11.8 Å². The molecule has 0 aromatic heterocycles. The summed E-state index contributed by atoms with van der Waals surface area (Å²) >= 11 is 0. The van der Waals surface area contributed by atoms with Crippen molar-refractivity contribution in [3.05, 3.63) is 0 Å². The molecule has 124 valence electrons. The first-order valence-electron chi connectivity index (χ1n) is 8.52. The molecule has 3 fully saturated rings. The molecule has 0 bridgehead atoms. The van der Waals surface area contributed by atoms with Crippen molar-refractivity contribution in [3.63, 3.8) is 0 Å². The number of nitrogens with zero attached hydrogens (tertiary/aromatic N) is 1. The highest BCUT2D eigenvalue weighted by molar-refractivity contribution is 5.88. The van der Waals surface area contributed by atoms with E-state index >= 15 is 0 Å². The fraction of sp³-hybridized carbons (Fsp3) is 0.882. The van der Waals surface area contributed by atoms with Crippen molar-refractivity contribution in [1.29, 1.82) is 0 Å². The van der Waals surface area contributed by atoms with Gasteiger partial charge < -0.3 is 9.84 Å². The molecule has 3 rings (SSSR count). The Kier molecular flexibility index (Phi) is 4.06. The number of carbonyl (C=O) groups is 2. The first kappa shape index (κ1) is 15.9. The van der Waals surface area contributed by atoms with E-state index in [0.29, 0.717) is 12.3 Å². The molecule has 0 radical (unpaired) electrons. The van der Waals surface area contributed by atoms with Crippen molar-refractivity contribution < 1.29 is 19.4 Å². The van der Waals surface area contributed by atoms with E-state index in [1.807, 2.05) is 0 Å². The summed E-state index contributed by atoms with van der Waals surface area (Å²) in [6.07, 6.45) is 3.07. The lowest BCUT2D eigenvalue weighted by Crippen LogP contribution is -2.46. The molecule has 3 saturated heterocycles. The maximum atomic E-state index is 12.5. The van der Waals surface area contributed by atoms with Crippen LogP contribution in [-0.4, -0.2) is 52.6 Å². The average molecular weight is 309 g/mol. The molecule has 0 aromatic carbocycles. The predicted octanol–water partition coefficient (Wildman–Crippen LogP) is 1.38. The summed E-state index contributed by atoms with van der Waals surface area (Å²) in [6, 6.07) is 0.266. The fourth-order valence-corrected chi connectivity index (χ4v) is 4.43. The van der Waals surface area contributed by atoms with Gasteiger partial charge >= 0.3 is 5.97 Å². The second-order valence-electron chi connectivity index (χ2n) is 7.53. The van der Waals surface area contributed by atoms with E-state index in [2.05, 4.69) is 4.90 Å². The number of Topliss-reactive ketones (excluding diaryl/α,β-unsaturated/α-hetero) is 1. The fourth-order valence-electron chi connectivity index (χ4n) is 4.43. The third-order valence-electron chi connectivity index (χ3n) is 6.36. The summed E-state index contributed by atoms with van der Waals surface area (Å²) in [5.74, 6) is -0.952. The number of rotatable bonds is 0. The third kappa shape index (κ3) is 2.48. The lowest BCUT2D eigenvalue weighted by Gasteiger charge is -2.32. The van der Waals surface area contributed by atoms with Crippen LogP contribution in [0.1, 0.15) is 46.5 Å². The molecule has 0 spiro atoms. The molecular formula is C17H27NO4. The molecule has 3 heterocycles. The lowest BCUT2D eigenvalue weighted by molar-refractivity contribution is -0.161. The van der Waals surface area contributed by atoms with Gasteiger partial charge in [-0.25, -0.2) is 0 Å². The monoisotopic (exact) mass is 309 g/mol. The molecule has 0 amide bonds. The smallest absolute Gasteiger partial charge is 0.309 e. The summed E-state index contributed by atoms with van der Waals surface area (Å²) in [7, 11) is 0. The number of ketones is 1. The summed E-state index contributed by atoms with van der Waals surface area (Å²) < 4.78 is 5.80. The summed E-state index contributed by atoms with van der Waals surface area (Å²) in [6.45, 7) is 7.08. The Morgan fingerprint density at radius 1 is 1.18 bits per heavy atom. The number of hydrogen-bond acceptors (Lipinski definition) is 5. The molecule has 0 saturated carbocycles. The molecular weight excluding hydrogens is 282 g/mol. The molecule has 22 heavy (non-hydrogen) atoms. The van der Waals surface area contributed by atoms with Crippen LogP contribution in [0.3, 0.4) is 0 Å². The van der Waals surface area contributed by atoms with Crippen LogP contribution in [0.25, 0.3) is 0 Å². The van der Waals surface area contributed by atoms with Crippen molar-refractivity contribution in [2.75, 3.05) is 13.1 Å². The topological polar surface area (TPSA) is 66.8 Å². The van der Waals surface area contributed by atoms with Crippen LogP contribution >= 0.6 is 0 Å². The summed E-state index contributed by atoms with van der Waals surface area (Å²) in [4.78, 5) is 27.3. The molecule has 3 aliphatic heterocycles. The molecule has 0 aliphatic carbocycles. The normalized spacial score (nSPS) is 47.0.